The Labute approximate surface area is 126 Å². The molecule has 1 amide bonds. The lowest BCUT2D eigenvalue weighted by Gasteiger charge is -2.19. The van der Waals surface area contributed by atoms with Gasteiger partial charge in [-0.2, -0.15) is 13.2 Å². The molecule has 1 aromatic rings. The lowest BCUT2D eigenvalue weighted by Crippen LogP contribution is -2.43. The normalized spacial score (nSPS) is 14.2. The van der Waals surface area contributed by atoms with Crippen molar-refractivity contribution in [3.8, 4) is 0 Å². The first-order valence-corrected chi connectivity index (χ1v) is 6.86. The number of hydrogen-bond donors (Lipinski definition) is 2. The molecule has 0 saturated carbocycles. The fourth-order valence-corrected chi connectivity index (χ4v) is 2.13. The van der Waals surface area contributed by atoms with Crippen molar-refractivity contribution in [1.82, 2.24) is 5.32 Å². The zero-order valence-electron chi connectivity index (χ0n) is 12.1. The summed E-state index contributed by atoms with van der Waals surface area (Å²) in [5.74, 6) is -2.56. The molecule has 0 bridgehead atoms. The van der Waals surface area contributed by atoms with Gasteiger partial charge in [-0.15, -0.1) is 0 Å². The molecule has 7 heteroatoms. The van der Waals surface area contributed by atoms with Crippen LogP contribution in [0.25, 0.3) is 0 Å². The number of carboxylic acid groups (broad SMARTS) is 1. The Morgan fingerprint density at radius 1 is 1.23 bits per heavy atom. The van der Waals surface area contributed by atoms with Gasteiger partial charge in [-0.05, 0) is 17.9 Å². The Hall–Kier alpha value is -2.05. The molecule has 2 N–H and O–H groups in total. The molecule has 2 atom stereocenters. The lowest BCUT2D eigenvalue weighted by atomic mass is 9.93. The number of rotatable bonds is 7. The summed E-state index contributed by atoms with van der Waals surface area (Å²) in [6.45, 7) is 1.86. The number of carboxylic acids is 1. The Morgan fingerprint density at radius 3 is 2.27 bits per heavy atom. The first-order valence-electron chi connectivity index (χ1n) is 6.86. The van der Waals surface area contributed by atoms with Crippen molar-refractivity contribution < 1.29 is 27.9 Å². The molecule has 22 heavy (non-hydrogen) atoms. The maximum atomic E-state index is 12.3. The zero-order valence-corrected chi connectivity index (χ0v) is 12.1. The summed E-state index contributed by atoms with van der Waals surface area (Å²) in [6.07, 6.45) is -5.67. The van der Waals surface area contributed by atoms with Crippen LogP contribution in [-0.4, -0.2) is 29.2 Å². The van der Waals surface area contributed by atoms with Gasteiger partial charge in [0.05, 0.1) is 6.42 Å². The van der Waals surface area contributed by atoms with Crippen LogP contribution in [0.1, 0.15) is 37.7 Å². The SMILES string of the molecule is CCC(CC(=O)NC(CC(F)(F)F)C(=O)O)c1ccccc1. The summed E-state index contributed by atoms with van der Waals surface area (Å²) in [4.78, 5) is 22.7. The minimum absolute atomic E-state index is 0.0534. The number of nitrogens with one attached hydrogen (secondary N) is 1. The molecule has 122 valence electrons. The van der Waals surface area contributed by atoms with Crippen molar-refractivity contribution in [3.63, 3.8) is 0 Å². The van der Waals surface area contributed by atoms with Crippen molar-refractivity contribution in [2.75, 3.05) is 0 Å². The molecule has 0 fully saturated rings. The van der Waals surface area contributed by atoms with E-state index < -0.39 is 30.5 Å². The predicted octanol–water partition coefficient (Wildman–Crippen LogP) is 3.09. The van der Waals surface area contributed by atoms with Crippen molar-refractivity contribution in [2.24, 2.45) is 0 Å². The van der Waals surface area contributed by atoms with E-state index in [1.807, 2.05) is 30.4 Å². The molecule has 1 rings (SSSR count). The second kappa shape index (κ2) is 7.82. The van der Waals surface area contributed by atoms with Gasteiger partial charge in [0.2, 0.25) is 5.91 Å². The molecule has 0 aromatic heterocycles. The molecular weight excluding hydrogens is 299 g/mol. The van der Waals surface area contributed by atoms with E-state index in [9.17, 15) is 22.8 Å². The topological polar surface area (TPSA) is 66.4 Å². The minimum atomic E-state index is -4.65. The van der Waals surface area contributed by atoms with Crippen molar-refractivity contribution in [2.45, 2.75) is 44.3 Å². The van der Waals surface area contributed by atoms with Gasteiger partial charge >= 0.3 is 12.1 Å². The van der Waals surface area contributed by atoms with E-state index >= 15 is 0 Å². The van der Waals surface area contributed by atoms with Crippen molar-refractivity contribution >= 4 is 11.9 Å². The third-order valence-corrected chi connectivity index (χ3v) is 3.26. The average molecular weight is 317 g/mol. The van der Waals surface area contributed by atoms with Gasteiger partial charge in [0.15, 0.2) is 0 Å². The lowest BCUT2D eigenvalue weighted by molar-refractivity contribution is -0.160. The number of amides is 1. The number of carbonyl (C=O) groups is 2. The predicted molar refractivity (Wildman–Crippen MR) is 74.3 cm³/mol. The van der Waals surface area contributed by atoms with Crippen LogP contribution in [0.2, 0.25) is 0 Å². The van der Waals surface area contributed by atoms with Crippen LogP contribution in [0.3, 0.4) is 0 Å². The molecule has 0 aliphatic rings. The van der Waals surface area contributed by atoms with E-state index in [4.69, 9.17) is 5.11 Å². The molecule has 0 saturated heterocycles. The zero-order chi connectivity index (χ0) is 16.8. The second-order valence-electron chi connectivity index (χ2n) is 5.00. The summed E-state index contributed by atoms with van der Waals surface area (Å²) in [7, 11) is 0. The highest BCUT2D eigenvalue weighted by molar-refractivity contribution is 5.84. The van der Waals surface area contributed by atoms with E-state index in [1.165, 1.54) is 0 Å². The molecule has 2 unspecified atom stereocenters. The molecular formula is C15H18F3NO3. The van der Waals surface area contributed by atoms with Gasteiger partial charge in [0.1, 0.15) is 6.04 Å². The number of benzene rings is 1. The molecule has 0 radical (unpaired) electrons. The highest BCUT2D eigenvalue weighted by Gasteiger charge is 2.36. The maximum absolute atomic E-state index is 12.3. The average Bonchev–Trinajstić information content (AvgIpc) is 2.43. The van der Waals surface area contributed by atoms with Gasteiger partial charge in [-0.1, -0.05) is 37.3 Å². The van der Waals surface area contributed by atoms with Crippen LogP contribution in [0, 0.1) is 0 Å². The van der Waals surface area contributed by atoms with Crippen LogP contribution >= 0.6 is 0 Å². The molecule has 0 heterocycles. The summed E-state index contributed by atoms with van der Waals surface area (Å²) < 4.78 is 36.9. The quantitative estimate of drug-likeness (QED) is 0.812. The molecule has 1 aromatic carbocycles. The second-order valence-corrected chi connectivity index (χ2v) is 5.00. The largest absolute Gasteiger partial charge is 0.480 e. The van der Waals surface area contributed by atoms with E-state index in [-0.39, 0.29) is 12.3 Å². The first-order chi connectivity index (χ1) is 10.2. The van der Waals surface area contributed by atoms with Crippen LogP contribution < -0.4 is 5.32 Å². The Kier molecular flexibility index (Phi) is 6.39. The van der Waals surface area contributed by atoms with Gasteiger partial charge in [-0.25, -0.2) is 4.79 Å². The van der Waals surface area contributed by atoms with E-state index in [0.717, 1.165) is 5.56 Å². The van der Waals surface area contributed by atoms with E-state index in [0.29, 0.717) is 6.42 Å². The number of hydrogen-bond acceptors (Lipinski definition) is 2. The van der Waals surface area contributed by atoms with Gasteiger partial charge in [0, 0.05) is 6.42 Å². The third kappa shape index (κ3) is 6.15. The van der Waals surface area contributed by atoms with Crippen LogP contribution in [0.4, 0.5) is 13.2 Å². The van der Waals surface area contributed by atoms with Gasteiger partial charge in [0.25, 0.3) is 0 Å². The number of aliphatic carboxylic acids is 1. The van der Waals surface area contributed by atoms with E-state index in [2.05, 4.69) is 0 Å². The first kappa shape index (κ1) is 18.0. The van der Waals surface area contributed by atoms with Crippen LogP contribution in [0.5, 0.6) is 0 Å². The summed E-state index contributed by atoms with van der Waals surface area (Å²) in [5, 5.41) is 10.7. The molecule has 0 aliphatic heterocycles. The third-order valence-electron chi connectivity index (χ3n) is 3.26. The molecule has 0 spiro atoms. The maximum Gasteiger partial charge on any atom is 0.391 e. The number of alkyl halides is 3. The van der Waals surface area contributed by atoms with Crippen molar-refractivity contribution in [1.29, 1.82) is 0 Å². The minimum Gasteiger partial charge on any atom is -0.480 e. The molecule has 4 nitrogen and oxygen atoms in total. The Morgan fingerprint density at radius 2 is 1.82 bits per heavy atom. The highest BCUT2D eigenvalue weighted by atomic mass is 19.4. The van der Waals surface area contributed by atoms with Crippen LogP contribution in [-0.2, 0) is 9.59 Å². The standard InChI is InChI=1S/C15H18F3NO3/c1-2-10(11-6-4-3-5-7-11)8-13(20)19-12(14(21)22)9-15(16,17)18/h3-7,10,12H,2,8-9H2,1H3,(H,19,20)(H,21,22). The smallest absolute Gasteiger partial charge is 0.391 e. The monoisotopic (exact) mass is 317 g/mol. The fourth-order valence-electron chi connectivity index (χ4n) is 2.13. The van der Waals surface area contributed by atoms with Gasteiger partial charge < -0.3 is 10.4 Å². The fraction of sp³-hybridized carbons (Fsp3) is 0.467. The van der Waals surface area contributed by atoms with E-state index in [1.54, 1.807) is 12.1 Å². The number of halogens is 3. The van der Waals surface area contributed by atoms with Crippen LogP contribution in [0.15, 0.2) is 30.3 Å². The summed E-state index contributed by atoms with van der Waals surface area (Å²) >= 11 is 0. The number of carbonyl (C=O) groups excluding carboxylic acids is 1. The van der Waals surface area contributed by atoms with Gasteiger partial charge in [-0.3, -0.25) is 4.79 Å². The summed E-state index contributed by atoms with van der Waals surface area (Å²) in [5.41, 5.74) is 0.892. The highest BCUT2D eigenvalue weighted by Crippen LogP contribution is 2.24. The summed E-state index contributed by atoms with van der Waals surface area (Å²) in [6, 6.07) is 7.12. The Balaban J connectivity index is 2.68. The Bertz CT molecular complexity index is 503. The molecule has 0 aliphatic carbocycles. The van der Waals surface area contributed by atoms with Crippen molar-refractivity contribution in [3.05, 3.63) is 35.9 Å².